The van der Waals surface area contributed by atoms with Gasteiger partial charge in [0.15, 0.2) is 0 Å². The third-order valence-electron chi connectivity index (χ3n) is 0.993. The van der Waals surface area contributed by atoms with Crippen molar-refractivity contribution in [3.63, 3.8) is 0 Å². The Morgan fingerprint density at radius 2 is 2.33 bits per heavy atom. The zero-order valence-corrected chi connectivity index (χ0v) is 6.19. The Hall–Kier alpha value is -0.440. The van der Waals surface area contributed by atoms with Crippen molar-refractivity contribution in [3.05, 3.63) is 11.6 Å². The minimum Gasteiger partial charge on any atom is -0.478 e. The van der Waals surface area contributed by atoms with E-state index in [1.165, 1.54) is 0 Å². The van der Waals surface area contributed by atoms with Gasteiger partial charge in [0.2, 0.25) is 0 Å². The van der Waals surface area contributed by atoms with Crippen LogP contribution in [0, 0.1) is 0 Å². The summed E-state index contributed by atoms with van der Waals surface area (Å²) in [5.41, 5.74) is 0.435. The molecule has 0 aliphatic carbocycles. The van der Waals surface area contributed by atoms with Crippen LogP contribution >= 0.6 is 12.6 Å². The first-order valence-corrected chi connectivity index (χ1v) is 3.38. The number of carboxylic acid groups (broad SMARTS) is 1. The molecule has 0 radical (unpaired) electrons. The van der Waals surface area contributed by atoms with E-state index in [4.69, 9.17) is 5.11 Å². The summed E-state index contributed by atoms with van der Waals surface area (Å²) in [4.78, 5) is 10.2. The highest BCUT2D eigenvalue weighted by molar-refractivity contribution is 7.80. The third-order valence-corrected chi connectivity index (χ3v) is 1.18. The van der Waals surface area contributed by atoms with Crippen LogP contribution in [0.4, 0.5) is 0 Å². The van der Waals surface area contributed by atoms with Crippen molar-refractivity contribution in [1.82, 2.24) is 0 Å². The Kier molecular flexibility index (Phi) is 4.22. The summed E-state index contributed by atoms with van der Waals surface area (Å²) in [6, 6.07) is 0. The minimum absolute atomic E-state index is 0.435. The molecule has 0 aromatic rings. The van der Waals surface area contributed by atoms with E-state index < -0.39 is 5.97 Å². The lowest BCUT2D eigenvalue weighted by molar-refractivity contribution is -0.132. The van der Waals surface area contributed by atoms with E-state index in [9.17, 15) is 4.79 Å². The van der Waals surface area contributed by atoms with Crippen molar-refractivity contribution in [2.75, 3.05) is 5.75 Å². The van der Waals surface area contributed by atoms with Crippen molar-refractivity contribution in [1.29, 1.82) is 0 Å². The van der Waals surface area contributed by atoms with Crippen molar-refractivity contribution >= 4 is 18.6 Å². The van der Waals surface area contributed by atoms with Gasteiger partial charge in [0.25, 0.3) is 0 Å². The standard InChI is InChI=1S/C6H10O2S/c1-2-5(3-4-9)6(7)8/h3,9H,2,4H2,1H3,(H,7,8)/b5-3-. The predicted octanol–water partition coefficient (Wildman–Crippen LogP) is 1.34. The van der Waals surface area contributed by atoms with Gasteiger partial charge in [-0.05, 0) is 6.42 Å². The van der Waals surface area contributed by atoms with Gasteiger partial charge < -0.3 is 5.11 Å². The molecule has 0 aliphatic heterocycles. The van der Waals surface area contributed by atoms with Crippen LogP contribution in [0.15, 0.2) is 11.6 Å². The van der Waals surface area contributed by atoms with Crippen molar-refractivity contribution in [2.45, 2.75) is 13.3 Å². The molecule has 1 N–H and O–H groups in total. The van der Waals surface area contributed by atoms with E-state index in [0.29, 0.717) is 17.7 Å². The number of thiol groups is 1. The molecule has 52 valence electrons. The molecule has 0 aromatic heterocycles. The molecular formula is C6H10O2S. The van der Waals surface area contributed by atoms with E-state index in [-0.39, 0.29) is 0 Å². The largest absolute Gasteiger partial charge is 0.478 e. The number of aliphatic carboxylic acids is 1. The smallest absolute Gasteiger partial charge is 0.331 e. The van der Waals surface area contributed by atoms with Crippen molar-refractivity contribution in [3.8, 4) is 0 Å². The van der Waals surface area contributed by atoms with Crippen LogP contribution < -0.4 is 0 Å². The average molecular weight is 146 g/mol. The normalized spacial score (nSPS) is 11.6. The monoisotopic (exact) mass is 146 g/mol. The van der Waals surface area contributed by atoms with E-state index in [2.05, 4.69) is 12.6 Å². The highest BCUT2D eigenvalue weighted by Crippen LogP contribution is 1.99. The first kappa shape index (κ1) is 8.56. The Labute approximate surface area is 60.0 Å². The van der Waals surface area contributed by atoms with Crippen LogP contribution in [0.3, 0.4) is 0 Å². The molecule has 0 heterocycles. The quantitative estimate of drug-likeness (QED) is 0.465. The molecular weight excluding hydrogens is 136 g/mol. The van der Waals surface area contributed by atoms with Gasteiger partial charge in [-0.1, -0.05) is 13.0 Å². The first-order valence-electron chi connectivity index (χ1n) is 2.75. The van der Waals surface area contributed by atoms with Crippen molar-refractivity contribution in [2.24, 2.45) is 0 Å². The number of hydrogen-bond acceptors (Lipinski definition) is 2. The Bertz CT molecular complexity index is 129. The average Bonchev–Trinajstić information content (AvgIpc) is 1.82. The van der Waals surface area contributed by atoms with Gasteiger partial charge >= 0.3 is 5.97 Å². The van der Waals surface area contributed by atoms with E-state index in [1.54, 1.807) is 6.08 Å². The van der Waals surface area contributed by atoms with E-state index in [1.807, 2.05) is 6.92 Å². The summed E-state index contributed by atoms with van der Waals surface area (Å²) in [5, 5.41) is 8.40. The summed E-state index contributed by atoms with van der Waals surface area (Å²) in [7, 11) is 0. The van der Waals surface area contributed by atoms with Crippen LogP contribution in [-0.4, -0.2) is 16.8 Å². The Balaban J connectivity index is 3.98. The second-order valence-electron chi connectivity index (χ2n) is 1.57. The molecule has 0 amide bonds. The van der Waals surface area contributed by atoms with Gasteiger partial charge in [0.05, 0.1) is 0 Å². The Morgan fingerprint density at radius 3 is 2.44 bits per heavy atom. The van der Waals surface area contributed by atoms with Crippen LogP contribution in [0.5, 0.6) is 0 Å². The number of carbonyl (C=O) groups is 1. The van der Waals surface area contributed by atoms with Gasteiger partial charge in [-0.15, -0.1) is 0 Å². The van der Waals surface area contributed by atoms with Crippen LogP contribution in [0.2, 0.25) is 0 Å². The molecule has 9 heavy (non-hydrogen) atoms. The van der Waals surface area contributed by atoms with Crippen LogP contribution in [0.1, 0.15) is 13.3 Å². The lowest BCUT2D eigenvalue weighted by atomic mass is 10.2. The maximum atomic E-state index is 10.2. The number of carboxylic acids is 1. The van der Waals surface area contributed by atoms with E-state index in [0.717, 1.165) is 0 Å². The maximum absolute atomic E-state index is 10.2. The SMILES string of the molecule is CC/C(=C/CS)C(=O)O. The molecule has 0 saturated heterocycles. The minimum atomic E-state index is -0.841. The van der Waals surface area contributed by atoms with Gasteiger partial charge in [0.1, 0.15) is 0 Å². The van der Waals surface area contributed by atoms with Crippen LogP contribution in [-0.2, 0) is 4.79 Å². The maximum Gasteiger partial charge on any atom is 0.331 e. The fourth-order valence-corrected chi connectivity index (χ4v) is 0.713. The molecule has 0 atom stereocenters. The summed E-state index contributed by atoms with van der Waals surface area (Å²) in [6.45, 7) is 1.81. The first-order chi connectivity index (χ1) is 4.22. The molecule has 0 aromatic carbocycles. The molecule has 0 unspecified atom stereocenters. The summed E-state index contributed by atoms with van der Waals surface area (Å²) in [5.74, 6) is -0.346. The summed E-state index contributed by atoms with van der Waals surface area (Å²) in [6.07, 6.45) is 2.17. The second-order valence-corrected chi connectivity index (χ2v) is 1.94. The van der Waals surface area contributed by atoms with Gasteiger partial charge in [-0.2, -0.15) is 12.6 Å². The Morgan fingerprint density at radius 1 is 1.78 bits per heavy atom. The van der Waals surface area contributed by atoms with Gasteiger partial charge in [0, 0.05) is 11.3 Å². The lowest BCUT2D eigenvalue weighted by Gasteiger charge is -1.93. The third kappa shape index (κ3) is 3.19. The number of rotatable bonds is 3. The zero-order chi connectivity index (χ0) is 7.28. The van der Waals surface area contributed by atoms with Crippen LogP contribution in [0.25, 0.3) is 0 Å². The highest BCUT2D eigenvalue weighted by atomic mass is 32.1. The fraction of sp³-hybridized carbons (Fsp3) is 0.500. The topological polar surface area (TPSA) is 37.3 Å². The highest BCUT2D eigenvalue weighted by Gasteiger charge is 2.00. The summed E-state index contributed by atoms with van der Waals surface area (Å²) >= 11 is 3.87. The summed E-state index contributed by atoms with van der Waals surface area (Å²) < 4.78 is 0. The molecule has 3 heteroatoms. The molecule has 0 aliphatic rings. The fourth-order valence-electron chi connectivity index (χ4n) is 0.493. The predicted molar refractivity (Wildman–Crippen MR) is 39.9 cm³/mol. The molecule has 0 saturated carbocycles. The molecule has 0 rings (SSSR count). The van der Waals surface area contributed by atoms with Crippen molar-refractivity contribution < 1.29 is 9.90 Å². The molecule has 0 bridgehead atoms. The molecule has 0 spiro atoms. The van der Waals surface area contributed by atoms with E-state index >= 15 is 0 Å². The molecule has 2 nitrogen and oxygen atoms in total. The zero-order valence-electron chi connectivity index (χ0n) is 5.29. The number of hydrogen-bond donors (Lipinski definition) is 2. The molecule has 0 fully saturated rings. The van der Waals surface area contributed by atoms with Gasteiger partial charge in [-0.3, -0.25) is 0 Å². The van der Waals surface area contributed by atoms with Gasteiger partial charge in [-0.25, -0.2) is 4.79 Å². The lowest BCUT2D eigenvalue weighted by Crippen LogP contribution is -1.98. The second kappa shape index (κ2) is 4.44.